The number of ether oxygens (including phenoxy) is 1. The smallest absolute Gasteiger partial charge is 0.335 e. The minimum atomic E-state index is -1.06. The first-order valence-corrected chi connectivity index (χ1v) is 7.25. The fourth-order valence-electron chi connectivity index (χ4n) is 2.24. The van der Waals surface area contributed by atoms with Crippen molar-refractivity contribution in [3.8, 4) is 0 Å². The maximum Gasteiger partial charge on any atom is 0.335 e. The number of nitrogens with two attached hydrogens (primary N) is 1. The van der Waals surface area contributed by atoms with Gasteiger partial charge in [-0.3, -0.25) is 4.90 Å². The van der Waals surface area contributed by atoms with Crippen molar-refractivity contribution in [3.05, 3.63) is 30.0 Å². The van der Waals surface area contributed by atoms with Gasteiger partial charge in [-0.15, -0.1) is 12.4 Å². The van der Waals surface area contributed by atoms with Gasteiger partial charge in [-0.2, -0.15) is 0 Å². The summed E-state index contributed by atoms with van der Waals surface area (Å²) >= 11 is 0. The van der Waals surface area contributed by atoms with Crippen LogP contribution in [0.3, 0.4) is 0 Å². The van der Waals surface area contributed by atoms with E-state index in [9.17, 15) is 4.79 Å². The van der Waals surface area contributed by atoms with Gasteiger partial charge in [0.05, 0.1) is 18.8 Å². The van der Waals surface area contributed by atoms with Gasteiger partial charge in [-0.05, 0) is 6.07 Å². The number of nitrogens with zero attached hydrogens (tertiary/aromatic N) is 2. The molecule has 0 amide bonds. The summed E-state index contributed by atoms with van der Waals surface area (Å²) in [6.07, 6.45) is 1.43. The number of rotatable bonds is 7. The standard InChI is InChI=1S/C15H22N4O3.ClH/c1-11(15(20)21)12-8-13(14(16)18-10-12)9-17-2-3-19-4-6-22-7-5-19;/h8,10,17H,1-7,9H2,(H2,16,18)(H,20,21);1H. The highest BCUT2D eigenvalue weighted by molar-refractivity contribution is 6.14. The quantitative estimate of drug-likeness (QED) is 0.493. The van der Waals surface area contributed by atoms with Gasteiger partial charge in [-0.25, -0.2) is 9.78 Å². The second-order valence-corrected chi connectivity index (χ2v) is 5.18. The molecule has 0 spiro atoms. The molecule has 2 rings (SSSR count). The average Bonchev–Trinajstić information content (AvgIpc) is 2.53. The molecule has 2 heterocycles. The summed E-state index contributed by atoms with van der Waals surface area (Å²) in [7, 11) is 0. The molecule has 1 aliphatic rings. The fraction of sp³-hybridized carbons (Fsp3) is 0.467. The van der Waals surface area contributed by atoms with Crippen LogP contribution in [-0.2, 0) is 16.1 Å². The van der Waals surface area contributed by atoms with Gasteiger partial charge >= 0.3 is 5.97 Å². The average molecular weight is 343 g/mol. The third kappa shape index (κ3) is 5.80. The fourth-order valence-corrected chi connectivity index (χ4v) is 2.24. The number of hydrogen-bond acceptors (Lipinski definition) is 6. The highest BCUT2D eigenvalue weighted by atomic mass is 35.5. The van der Waals surface area contributed by atoms with E-state index < -0.39 is 5.97 Å². The minimum absolute atomic E-state index is 0. The van der Waals surface area contributed by atoms with E-state index in [0.29, 0.717) is 17.9 Å². The normalized spacial score (nSPS) is 15.0. The number of aliphatic carboxylic acids is 1. The number of carboxylic acid groups (broad SMARTS) is 1. The Morgan fingerprint density at radius 2 is 2.17 bits per heavy atom. The Morgan fingerprint density at radius 1 is 1.48 bits per heavy atom. The number of nitrogen functional groups attached to an aromatic ring is 1. The van der Waals surface area contributed by atoms with Crippen LogP contribution in [-0.4, -0.2) is 60.4 Å². The van der Waals surface area contributed by atoms with Crippen molar-refractivity contribution in [2.45, 2.75) is 6.54 Å². The Morgan fingerprint density at radius 3 is 2.83 bits per heavy atom. The summed E-state index contributed by atoms with van der Waals surface area (Å²) in [5.74, 6) is -0.654. The van der Waals surface area contributed by atoms with Gasteiger partial charge in [0, 0.05) is 50.0 Å². The van der Waals surface area contributed by atoms with Gasteiger partial charge < -0.3 is 20.9 Å². The van der Waals surface area contributed by atoms with E-state index in [1.807, 2.05) is 0 Å². The lowest BCUT2D eigenvalue weighted by Crippen LogP contribution is -2.40. The molecule has 4 N–H and O–H groups in total. The van der Waals surface area contributed by atoms with Crippen molar-refractivity contribution in [1.29, 1.82) is 0 Å². The molecule has 23 heavy (non-hydrogen) atoms. The van der Waals surface area contributed by atoms with E-state index in [-0.39, 0.29) is 18.0 Å². The lowest BCUT2D eigenvalue weighted by atomic mass is 10.1. The van der Waals surface area contributed by atoms with Gasteiger partial charge in [0.15, 0.2) is 0 Å². The summed E-state index contributed by atoms with van der Waals surface area (Å²) in [4.78, 5) is 17.3. The maximum absolute atomic E-state index is 10.9. The number of morpholine rings is 1. The maximum atomic E-state index is 10.9. The van der Waals surface area contributed by atoms with E-state index in [2.05, 4.69) is 21.8 Å². The number of anilines is 1. The van der Waals surface area contributed by atoms with E-state index in [1.165, 1.54) is 6.20 Å². The number of nitrogens with one attached hydrogen (secondary N) is 1. The third-order valence-corrected chi connectivity index (χ3v) is 3.63. The summed E-state index contributed by atoms with van der Waals surface area (Å²) in [5.41, 5.74) is 7.11. The molecule has 1 aromatic heterocycles. The Labute approximate surface area is 141 Å². The van der Waals surface area contributed by atoms with E-state index in [1.54, 1.807) is 6.07 Å². The largest absolute Gasteiger partial charge is 0.478 e. The van der Waals surface area contributed by atoms with Crippen molar-refractivity contribution in [1.82, 2.24) is 15.2 Å². The van der Waals surface area contributed by atoms with Crippen LogP contribution in [0.4, 0.5) is 5.82 Å². The van der Waals surface area contributed by atoms with Crippen LogP contribution in [0.25, 0.3) is 5.57 Å². The molecule has 1 fully saturated rings. The molecule has 0 aliphatic carbocycles. The second kappa shape index (κ2) is 9.46. The molecule has 1 saturated heterocycles. The van der Waals surface area contributed by atoms with Crippen LogP contribution in [0, 0.1) is 0 Å². The number of hydrogen-bond donors (Lipinski definition) is 3. The van der Waals surface area contributed by atoms with Crippen molar-refractivity contribution in [3.63, 3.8) is 0 Å². The minimum Gasteiger partial charge on any atom is -0.478 e. The van der Waals surface area contributed by atoms with Gasteiger partial charge in [0.2, 0.25) is 0 Å². The first-order valence-electron chi connectivity index (χ1n) is 7.25. The molecule has 0 radical (unpaired) electrons. The van der Waals surface area contributed by atoms with Crippen molar-refractivity contribution in [2.24, 2.45) is 0 Å². The SMILES string of the molecule is C=C(C(=O)O)c1cnc(N)c(CNCCN2CCOCC2)c1.Cl. The summed E-state index contributed by atoms with van der Waals surface area (Å²) in [6.45, 7) is 9.34. The number of pyridine rings is 1. The third-order valence-electron chi connectivity index (χ3n) is 3.63. The number of halogens is 1. The molecule has 8 heteroatoms. The summed E-state index contributed by atoms with van der Waals surface area (Å²) in [6, 6.07) is 1.72. The van der Waals surface area contributed by atoms with Gasteiger partial charge in [-0.1, -0.05) is 6.58 Å². The van der Waals surface area contributed by atoms with Gasteiger partial charge in [0.25, 0.3) is 0 Å². The molecular weight excluding hydrogens is 320 g/mol. The highest BCUT2D eigenvalue weighted by Gasteiger charge is 2.11. The molecule has 1 aliphatic heterocycles. The molecule has 0 aromatic carbocycles. The van der Waals surface area contributed by atoms with E-state index in [0.717, 1.165) is 45.0 Å². The predicted molar refractivity (Wildman–Crippen MR) is 91.5 cm³/mol. The Kier molecular flexibility index (Phi) is 7.97. The molecule has 128 valence electrons. The molecule has 0 unspecified atom stereocenters. The van der Waals surface area contributed by atoms with Crippen LogP contribution >= 0.6 is 12.4 Å². The highest BCUT2D eigenvalue weighted by Crippen LogP contribution is 2.17. The lowest BCUT2D eigenvalue weighted by Gasteiger charge is -2.26. The Balaban J connectivity index is 0.00000264. The number of aromatic nitrogens is 1. The van der Waals surface area contributed by atoms with Crippen LogP contribution < -0.4 is 11.1 Å². The molecule has 7 nitrogen and oxygen atoms in total. The first kappa shape index (κ1) is 19.4. The molecule has 0 saturated carbocycles. The van der Waals surface area contributed by atoms with E-state index >= 15 is 0 Å². The molecule has 1 aromatic rings. The van der Waals surface area contributed by atoms with Gasteiger partial charge in [0.1, 0.15) is 5.82 Å². The zero-order chi connectivity index (χ0) is 15.9. The van der Waals surface area contributed by atoms with E-state index in [4.69, 9.17) is 15.6 Å². The Bertz CT molecular complexity index is 548. The Hall–Kier alpha value is -1.67. The molecule has 0 atom stereocenters. The second-order valence-electron chi connectivity index (χ2n) is 5.18. The number of carbonyl (C=O) groups is 1. The van der Waals surface area contributed by atoms with Crippen LogP contribution in [0.2, 0.25) is 0 Å². The van der Waals surface area contributed by atoms with Crippen molar-refractivity contribution < 1.29 is 14.6 Å². The van der Waals surface area contributed by atoms with Crippen molar-refractivity contribution >= 4 is 29.8 Å². The topological polar surface area (TPSA) is 101 Å². The monoisotopic (exact) mass is 342 g/mol. The summed E-state index contributed by atoms with van der Waals surface area (Å²) < 4.78 is 5.30. The number of carboxylic acids is 1. The van der Waals surface area contributed by atoms with Crippen LogP contribution in [0.15, 0.2) is 18.8 Å². The van der Waals surface area contributed by atoms with Crippen molar-refractivity contribution in [2.75, 3.05) is 45.1 Å². The summed E-state index contributed by atoms with van der Waals surface area (Å²) in [5, 5.41) is 12.3. The van der Waals surface area contributed by atoms with Crippen LogP contribution in [0.1, 0.15) is 11.1 Å². The zero-order valence-electron chi connectivity index (χ0n) is 13.0. The first-order chi connectivity index (χ1) is 10.6. The molecule has 0 bridgehead atoms. The van der Waals surface area contributed by atoms with Crippen LogP contribution in [0.5, 0.6) is 0 Å². The lowest BCUT2D eigenvalue weighted by molar-refractivity contribution is -0.130. The zero-order valence-corrected chi connectivity index (χ0v) is 13.8. The predicted octanol–water partition coefficient (Wildman–Crippen LogP) is 0.605. The molecular formula is C15H23ClN4O3.